The topological polar surface area (TPSA) is 35.5 Å². The Morgan fingerprint density at radius 1 is 1.43 bits per heavy atom. The third kappa shape index (κ3) is 4.94. The van der Waals surface area contributed by atoms with Crippen molar-refractivity contribution in [1.82, 2.24) is 10.2 Å². The van der Waals surface area contributed by atoms with Gasteiger partial charge in [0.05, 0.1) is 6.10 Å². The lowest BCUT2D eigenvalue weighted by Gasteiger charge is -2.23. The lowest BCUT2D eigenvalue weighted by atomic mass is 10.3. The van der Waals surface area contributed by atoms with Crippen molar-refractivity contribution >= 4 is 0 Å². The van der Waals surface area contributed by atoms with Crippen LogP contribution in [-0.4, -0.2) is 48.3 Å². The molecule has 0 radical (unpaired) electrons. The Hall–Kier alpha value is -0.120. The third-order valence-corrected chi connectivity index (χ3v) is 2.68. The molecule has 0 bridgehead atoms. The van der Waals surface area contributed by atoms with Crippen molar-refractivity contribution in [3.8, 4) is 0 Å². The van der Waals surface area contributed by atoms with Gasteiger partial charge in [-0.3, -0.25) is 0 Å². The minimum absolute atomic E-state index is 0.206. The van der Waals surface area contributed by atoms with Gasteiger partial charge in [-0.1, -0.05) is 13.8 Å². The molecule has 2 N–H and O–H groups in total. The second kappa shape index (κ2) is 6.38. The largest absolute Gasteiger partial charge is 0.390 e. The summed E-state index contributed by atoms with van der Waals surface area (Å²) in [7, 11) is 0. The molecule has 0 aromatic heterocycles. The number of likely N-dealkylation sites (N-methyl/N-ethyl adjacent to an activating group) is 1. The highest BCUT2D eigenvalue weighted by Crippen LogP contribution is 2.18. The van der Waals surface area contributed by atoms with Crippen molar-refractivity contribution in [2.75, 3.05) is 26.2 Å². The number of hydrogen-bond acceptors (Lipinski definition) is 3. The Labute approximate surface area is 87.5 Å². The first-order valence-electron chi connectivity index (χ1n) is 5.90. The first-order valence-corrected chi connectivity index (χ1v) is 5.90. The first-order chi connectivity index (χ1) is 6.76. The molecule has 1 saturated carbocycles. The van der Waals surface area contributed by atoms with E-state index in [2.05, 4.69) is 24.1 Å². The van der Waals surface area contributed by atoms with Gasteiger partial charge in [-0.15, -0.1) is 0 Å². The molecule has 1 aliphatic rings. The van der Waals surface area contributed by atoms with E-state index in [0.29, 0.717) is 6.04 Å². The minimum Gasteiger partial charge on any atom is -0.390 e. The number of hydrogen-bond donors (Lipinski definition) is 2. The Morgan fingerprint density at radius 2 is 2.14 bits per heavy atom. The Kier molecular flexibility index (Phi) is 5.45. The summed E-state index contributed by atoms with van der Waals surface area (Å²) in [5.41, 5.74) is 0. The summed E-state index contributed by atoms with van der Waals surface area (Å²) in [6, 6.07) is 0.700. The summed E-state index contributed by atoms with van der Waals surface area (Å²) in [5, 5.41) is 13.1. The van der Waals surface area contributed by atoms with Gasteiger partial charge in [0.15, 0.2) is 0 Å². The monoisotopic (exact) mass is 200 g/mol. The van der Waals surface area contributed by atoms with E-state index in [9.17, 15) is 5.11 Å². The molecule has 1 atom stereocenters. The SMILES string of the molecule is CCCN(CC)CC(O)CNC1CC1. The zero-order chi connectivity index (χ0) is 10.4. The van der Waals surface area contributed by atoms with Crippen LogP contribution in [0.4, 0.5) is 0 Å². The molecule has 0 aliphatic heterocycles. The highest BCUT2D eigenvalue weighted by Gasteiger charge is 2.21. The molecule has 3 heteroatoms. The third-order valence-electron chi connectivity index (χ3n) is 2.68. The standard InChI is InChI=1S/C11H24N2O/c1-3-7-13(4-2)9-11(14)8-12-10-5-6-10/h10-12,14H,3-9H2,1-2H3. The van der Waals surface area contributed by atoms with E-state index in [0.717, 1.165) is 32.6 Å². The van der Waals surface area contributed by atoms with Crippen LogP contribution >= 0.6 is 0 Å². The van der Waals surface area contributed by atoms with Crippen LogP contribution in [0.2, 0.25) is 0 Å². The summed E-state index contributed by atoms with van der Waals surface area (Å²) >= 11 is 0. The van der Waals surface area contributed by atoms with Gasteiger partial charge in [-0.25, -0.2) is 0 Å². The van der Waals surface area contributed by atoms with Crippen molar-refractivity contribution < 1.29 is 5.11 Å². The highest BCUT2D eigenvalue weighted by atomic mass is 16.3. The predicted octanol–water partition coefficient (Wildman–Crippen LogP) is 0.831. The lowest BCUT2D eigenvalue weighted by Crippen LogP contribution is -2.39. The highest BCUT2D eigenvalue weighted by molar-refractivity contribution is 4.82. The van der Waals surface area contributed by atoms with Gasteiger partial charge in [-0.05, 0) is 32.4 Å². The molecule has 0 aromatic rings. The quantitative estimate of drug-likeness (QED) is 0.609. The summed E-state index contributed by atoms with van der Waals surface area (Å²) in [5.74, 6) is 0. The smallest absolute Gasteiger partial charge is 0.0791 e. The molecule has 0 saturated heterocycles. The molecule has 1 fully saturated rings. The number of nitrogens with one attached hydrogen (secondary N) is 1. The number of nitrogens with zero attached hydrogens (tertiary/aromatic N) is 1. The molecular weight excluding hydrogens is 176 g/mol. The fourth-order valence-electron chi connectivity index (χ4n) is 1.65. The van der Waals surface area contributed by atoms with Crippen LogP contribution in [0.1, 0.15) is 33.1 Å². The van der Waals surface area contributed by atoms with E-state index >= 15 is 0 Å². The van der Waals surface area contributed by atoms with Gasteiger partial charge < -0.3 is 15.3 Å². The van der Waals surface area contributed by atoms with Crippen LogP contribution < -0.4 is 5.32 Å². The maximum atomic E-state index is 9.75. The van der Waals surface area contributed by atoms with Crippen molar-refractivity contribution in [1.29, 1.82) is 0 Å². The lowest BCUT2D eigenvalue weighted by molar-refractivity contribution is 0.113. The first kappa shape index (κ1) is 12.0. The Bertz CT molecular complexity index is 148. The molecule has 0 heterocycles. The maximum Gasteiger partial charge on any atom is 0.0791 e. The maximum absolute atomic E-state index is 9.75. The number of rotatable bonds is 8. The average molecular weight is 200 g/mol. The predicted molar refractivity (Wildman–Crippen MR) is 59.4 cm³/mol. The minimum atomic E-state index is -0.206. The van der Waals surface area contributed by atoms with E-state index in [1.165, 1.54) is 12.8 Å². The van der Waals surface area contributed by atoms with E-state index in [1.807, 2.05) is 0 Å². The van der Waals surface area contributed by atoms with Crippen LogP contribution in [0.5, 0.6) is 0 Å². The molecule has 14 heavy (non-hydrogen) atoms. The molecule has 1 rings (SSSR count). The summed E-state index contributed by atoms with van der Waals surface area (Å²) in [4.78, 5) is 2.30. The van der Waals surface area contributed by atoms with Gasteiger partial charge in [-0.2, -0.15) is 0 Å². The van der Waals surface area contributed by atoms with Crippen LogP contribution in [0.3, 0.4) is 0 Å². The van der Waals surface area contributed by atoms with Crippen molar-refractivity contribution in [2.24, 2.45) is 0 Å². The van der Waals surface area contributed by atoms with E-state index in [4.69, 9.17) is 0 Å². The molecular formula is C11H24N2O. The second-order valence-electron chi connectivity index (χ2n) is 4.23. The van der Waals surface area contributed by atoms with Crippen LogP contribution in [-0.2, 0) is 0 Å². The summed E-state index contributed by atoms with van der Waals surface area (Å²) < 4.78 is 0. The molecule has 0 aromatic carbocycles. The van der Waals surface area contributed by atoms with Gasteiger partial charge in [0.1, 0.15) is 0 Å². The molecule has 1 unspecified atom stereocenters. The van der Waals surface area contributed by atoms with Crippen molar-refractivity contribution in [2.45, 2.75) is 45.3 Å². The van der Waals surface area contributed by atoms with Gasteiger partial charge in [0.2, 0.25) is 0 Å². The molecule has 1 aliphatic carbocycles. The van der Waals surface area contributed by atoms with Crippen LogP contribution in [0, 0.1) is 0 Å². The fraction of sp³-hybridized carbons (Fsp3) is 1.00. The second-order valence-corrected chi connectivity index (χ2v) is 4.23. The number of aliphatic hydroxyl groups is 1. The normalized spacial score (nSPS) is 18.9. The molecule has 84 valence electrons. The van der Waals surface area contributed by atoms with Gasteiger partial charge >= 0.3 is 0 Å². The van der Waals surface area contributed by atoms with Crippen LogP contribution in [0.15, 0.2) is 0 Å². The molecule has 3 nitrogen and oxygen atoms in total. The zero-order valence-corrected chi connectivity index (χ0v) is 9.50. The van der Waals surface area contributed by atoms with Gasteiger partial charge in [0, 0.05) is 19.1 Å². The summed E-state index contributed by atoms with van der Waals surface area (Å²) in [6.45, 7) is 8.02. The van der Waals surface area contributed by atoms with E-state index < -0.39 is 0 Å². The Morgan fingerprint density at radius 3 is 2.64 bits per heavy atom. The Balaban J connectivity index is 2.05. The van der Waals surface area contributed by atoms with E-state index in [1.54, 1.807) is 0 Å². The summed E-state index contributed by atoms with van der Waals surface area (Å²) in [6.07, 6.45) is 3.54. The van der Waals surface area contributed by atoms with Gasteiger partial charge in [0.25, 0.3) is 0 Å². The fourth-order valence-corrected chi connectivity index (χ4v) is 1.65. The zero-order valence-electron chi connectivity index (χ0n) is 9.50. The average Bonchev–Trinajstić information content (AvgIpc) is 2.97. The molecule has 0 amide bonds. The van der Waals surface area contributed by atoms with E-state index in [-0.39, 0.29) is 6.10 Å². The van der Waals surface area contributed by atoms with Crippen LogP contribution in [0.25, 0.3) is 0 Å². The molecule has 0 spiro atoms. The van der Waals surface area contributed by atoms with Crippen molar-refractivity contribution in [3.63, 3.8) is 0 Å². The number of aliphatic hydroxyl groups excluding tert-OH is 1. The van der Waals surface area contributed by atoms with Crippen molar-refractivity contribution in [3.05, 3.63) is 0 Å².